The molecular weight excluding hydrogens is 276 g/mol. The lowest BCUT2D eigenvalue weighted by atomic mass is 10.3. The average Bonchev–Trinajstić information content (AvgIpc) is 2.87. The third-order valence-corrected chi connectivity index (χ3v) is 3.00. The van der Waals surface area contributed by atoms with Gasteiger partial charge in [0.15, 0.2) is 11.6 Å². The minimum absolute atomic E-state index is 0.0243. The summed E-state index contributed by atoms with van der Waals surface area (Å²) in [7, 11) is 0. The maximum absolute atomic E-state index is 13.7. The quantitative estimate of drug-likeness (QED) is 0.795. The van der Waals surface area contributed by atoms with E-state index in [0.29, 0.717) is 25.3 Å². The molecule has 0 amide bonds. The molecule has 1 heterocycles. The van der Waals surface area contributed by atoms with Crippen LogP contribution in [0.3, 0.4) is 0 Å². The smallest absolute Gasteiger partial charge is 0.151 e. The fourth-order valence-corrected chi connectivity index (χ4v) is 2.07. The molecular formula is C15H17F2N3O. The first-order valence-electron chi connectivity index (χ1n) is 6.58. The Labute approximate surface area is 121 Å². The van der Waals surface area contributed by atoms with Gasteiger partial charge < -0.3 is 5.11 Å². The minimum Gasteiger partial charge on any atom is -0.395 e. The molecule has 0 saturated heterocycles. The third-order valence-electron chi connectivity index (χ3n) is 3.00. The van der Waals surface area contributed by atoms with E-state index < -0.39 is 11.6 Å². The molecule has 21 heavy (non-hydrogen) atoms. The summed E-state index contributed by atoms with van der Waals surface area (Å²) in [5.74, 6) is -1.33. The Morgan fingerprint density at radius 3 is 2.62 bits per heavy atom. The van der Waals surface area contributed by atoms with E-state index in [1.54, 1.807) is 12.1 Å². The van der Waals surface area contributed by atoms with Gasteiger partial charge in [-0.25, -0.2) is 13.5 Å². The lowest BCUT2D eigenvalue weighted by molar-refractivity contribution is 0.202. The van der Waals surface area contributed by atoms with Crippen molar-refractivity contribution in [2.45, 2.75) is 6.54 Å². The van der Waals surface area contributed by atoms with Crippen LogP contribution in [-0.4, -0.2) is 39.5 Å². The first kappa shape index (κ1) is 15.3. The maximum atomic E-state index is 13.7. The van der Waals surface area contributed by atoms with Crippen molar-refractivity contribution in [3.63, 3.8) is 0 Å². The van der Waals surface area contributed by atoms with Crippen LogP contribution in [0.1, 0.15) is 5.69 Å². The molecule has 2 rings (SSSR count). The summed E-state index contributed by atoms with van der Waals surface area (Å²) in [4.78, 5) is 1.93. The molecule has 6 heteroatoms. The van der Waals surface area contributed by atoms with Crippen molar-refractivity contribution in [3.05, 3.63) is 60.4 Å². The van der Waals surface area contributed by atoms with E-state index in [4.69, 9.17) is 5.11 Å². The zero-order chi connectivity index (χ0) is 15.2. The van der Waals surface area contributed by atoms with E-state index in [1.807, 2.05) is 4.90 Å². The van der Waals surface area contributed by atoms with Gasteiger partial charge in [0.05, 0.1) is 12.3 Å². The molecule has 0 aliphatic carbocycles. The molecule has 0 bridgehead atoms. The number of hydrogen-bond acceptors (Lipinski definition) is 3. The number of aliphatic hydroxyl groups is 1. The summed E-state index contributed by atoms with van der Waals surface area (Å²) in [5.41, 5.74) is 0.467. The van der Waals surface area contributed by atoms with Gasteiger partial charge in [-0.15, -0.1) is 6.58 Å². The van der Waals surface area contributed by atoms with Crippen molar-refractivity contribution < 1.29 is 13.9 Å². The second kappa shape index (κ2) is 7.10. The van der Waals surface area contributed by atoms with Crippen molar-refractivity contribution in [2.75, 3.05) is 19.7 Å². The van der Waals surface area contributed by atoms with E-state index in [2.05, 4.69) is 11.7 Å². The number of rotatable bonds is 7. The number of benzene rings is 1. The fourth-order valence-electron chi connectivity index (χ4n) is 2.07. The summed E-state index contributed by atoms with van der Waals surface area (Å²) >= 11 is 0. The largest absolute Gasteiger partial charge is 0.395 e. The molecule has 0 spiro atoms. The van der Waals surface area contributed by atoms with Crippen molar-refractivity contribution >= 4 is 0 Å². The zero-order valence-corrected chi connectivity index (χ0v) is 11.5. The monoisotopic (exact) mass is 293 g/mol. The predicted octanol–water partition coefficient (Wildman–Crippen LogP) is 2.13. The van der Waals surface area contributed by atoms with E-state index >= 15 is 0 Å². The third kappa shape index (κ3) is 3.74. The minimum atomic E-state index is -0.664. The summed E-state index contributed by atoms with van der Waals surface area (Å²) in [6.07, 6.45) is 3.24. The number of aromatic nitrogens is 2. The van der Waals surface area contributed by atoms with Gasteiger partial charge in [0.25, 0.3) is 0 Å². The molecule has 2 aromatic rings. The van der Waals surface area contributed by atoms with Gasteiger partial charge in [-0.05, 0) is 18.2 Å². The highest BCUT2D eigenvalue weighted by molar-refractivity contribution is 5.34. The number of hydrogen-bond donors (Lipinski definition) is 1. The highest BCUT2D eigenvalue weighted by Crippen LogP contribution is 2.17. The second-order valence-electron chi connectivity index (χ2n) is 4.57. The Kier molecular flexibility index (Phi) is 5.19. The van der Waals surface area contributed by atoms with Crippen LogP contribution in [0.15, 0.2) is 43.1 Å². The van der Waals surface area contributed by atoms with Gasteiger partial charge in [-0.3, -0.25) is 4.90 Å². The molecule has 4 nitrogen and oxygen atoms in total. The summed E-state index contributed by atoms with van der Waals surface area (Å²) in [6, 6.07) is 5.38. The van der Waals surface area contributed by atoms with Crippen LogP contribution in [0.2, 0.25) is 0 Å². The van der Waals surface area contributed by atoms with Crippen molar-refractivity contribution in [1.82, 2.24) is 14.7 Å². The van der Waals surface area contributed by atoms with Gasteiger partial charge in [-0.2, -0.15) is 5.10 Å². The van der Waals surface area contributed by atoms with Crippen molar-refractivity contribution in [2.24, 2.45) is 0 Å². The van der Waals surface area contributed by atoms with Crippen LogP contribution in [0.5, 0.6) is 0 Å². The molecule has 0 atom stereocenters. The Morgan fingerprint density at radius 1 is 1.29 bits per heavy atom. The van der Waals surface area contributed by atoms with E-state index in [-0.39, 0.29) is 12.3 Å². The average molecular weight is 293 g/mol. The highest BCUT2D eigenvalue weighted by atomic mass is 19.1. The van der Waals surface area contributed by atoms with Crippen LogP contribution in [0.25, 0.3) is 5.69 Å². The van der Waals surface area contributed by atoms with Crippen LogP contribution >= 0.6 is 0 Å². The molecule has 0 aliphatic heterocycles. The van der Waals surface area contributed by atoms with Crippen LogP contribution < -0.4 is 0 Å². The van der Waals surface area contributed by atoms with Crippen LogP contribution in [0, 0.1) is 11.6 Å². The van der Waals surface area contributed by atoms with Gasteiger partial charge in [0, 0.05) is 25.8 Å². The summed E-state index contributed by atoms with van der Waals surface area (Å²) in [6.45, 7) is 5.22. The lowest BCUT2D eigenvalue weighted by Gasteiger charge is -2.17. The van der Waals surface area contributed by atoms with Crippen LogP contribution in [0.4, 0.5) is 8.78 Å². The first-order chi connectivity index (χ1) is 10.2. The van der Waals surface area contributed by atoms with Gasteiger partial charge in [0.1, 0.15) is 5.69 Å². The maximum Gasteiger partial charge on any atom is 0.151 e. The van der Waals surface area contributed by atoms with Gasteiger partial charge >= 0.3 is 0 Å². The Balaban J connectivity index is 2.19. The molecule has 112 valence electrons. The summed E-state index contributed by atoms with van der Waals surface area (Å²) < 4.78 is 28.6. The number of aliphatic hydroxyl groups excluding tert-OH is 1. The molecule has 1 aromatic carbocycles. The van der Waals surface area contributed by atoms with E-state index in [0.717, 1.165) is 0 Å². The van der Waals surface area contributed by atoms with Crippen molar-refractivity contribution in [3.8, 4) is 5.69 Å². The molecule has 1 N–H and O–H groups in total. The predicted molar refractivity (Wildman–Crippen MR) is 76.0 cm³/mol. The van der Waals surface area contributed by atoms with E-state index in [9.17, 15) is 8.78 Å². The van der Waals surface area contributed by atoms with Crippen molar-refractivity contribution in [1.29, 1.82) is 0 Å². The Bertz CT molecular complexity index is 592. The summed E-state index contributed by atoms with van der Waals surface area (Å²) in [5, 5.41) is 13.2. The lowest BCUT2D eigenvalue weighted by Crippen LogP contribution is -2.26. The molecule has 0 aliphatic rings. The molecule has 0 saturated carbocycles. The molecule has 0 radical (unpaired) electrons. The zero-order valence-electron chi connectivity index (χ0n) is 11.5. The normalized spacial score (nSPS) is 11.0. The fraction of sp³-hybridized carbons (Fsp3) is 0.267. The second-order valence-corrected chi connectivity index (χ2v) is 4.57. The highest BCUT2D eigenvalue weighted by Gasteiger charge is 2.13. The molecule has 0 fully saturated rings. The number of halogens is 2. The number of para-hydroxylation sites is 1. The van der Waals surface area contributed by atoms with Crippen LogP contribution in [-0.2, 0) is 6.54 Å². The Morgan fingerprint density at radius 2 is 2.00 bits per heavy atom. The molecule has 1 aromatic heterocycles. The Hall–Kier alpha value is -2.05. The first-order valence-corrected chi connectivity index (χ1v) is 6.58. The SMILES string of the molecule is C=CCN(CCO)Cc1ccn(-c2c(F)cccc2F)n1. The van der Waals surface area contributed by atoms with Gasteiger partial charge in [-0.1, -0.05) is 12.1 Å². The van der Waals surface area contributed by atoms with E-state index in [1.165, 1.54) is 29.1 Å². The van der Waals surface area contributed by atoms with Gasteiger partial charge in [0.2, 0.25) is 0 Å². The molecule has 0 unspecified atom stereocenters. The number of nitrogens with zero attached hydrogens (tertiary/aromatic N) is 3. The standard InChI is InChI=1S/C15H17F2N3O/c1-2-7-19(9-10-21)11-12-6-8-20(18-12)15-13(16)4-3-5-14(15)17/h2-6,8,21H,1,7,9-11H2. The topological polar surface area (TPSA) is 41.3 Å².